The molecule has 1 rings (SSSR count). The Balaban J connectivity index is 2.97. The predicted octanol–water partition coefficient (Wildman–Crippen LogP) is 2.77. The van der Waals surface area contributed by atoms with Crippen LogP contribution in [0.25, 0.3) is 0 Å². The van der Waals surface area contributed by atoms with Gasteiger partial charge in [-0.15, -0.1) is 0 Å². The SMILES string of the molecule is CCCCOc1ncnc(NC(C)CC)c1[N+](=O)[O-]. The molecule has 0 amide bonds. The quantitative estimate of drug-likeness (QED) is 0.443. The Hall–Kier alpha value is -1.92. The molecule has 1 heterocycles. The number of hydrogen-bond acceptors (Lipinski definition) is 6. The van der Waals surface area contributed by atoms with E-state index in [-0.39, 0.29) is 23.4 Å². The van der Waals surface area contributed by atoms with E-state index in [1.807, 2.05) is 20.8 Å². The van der Waals surface area contributed by atoms with Crippen molar-refractivity contribution in [2.45, 2.75) is 46.1 Å². The van der Waals surface area contributed by atoms with Gasteiger partial charge in [0.2, 0.25) is 5.82 Å². The minimum atomic E-state index is -0.508. The summed E-state index contributed by atoms with van der Waals surface area (Å²) in [6.07, 6.45) is 3.90. The van der Waals surface area contributed by atoms with Crippen molar-refractivity contribution >= 4 is 11.5 Å². The van der Waals surface area contributed by atoms with Gasteiger partial charge >= 0.3 is 5.69 Å². The van der Waals surface area contributed by atoms with Gasteiger partial charge in [0.1, 0.15) is 6.33 Å². The van der Waals surface area contributed by atoms with Crippen molar-refractivity contribution in [3.8, 4) is 5.88 Å². The molecular weight excluding hydrogens is 248 g/mol. The summed E-state index contributed by atoms with van der Waals surface area (Å²) in [5.41, 5.74) is -0.195. The van der Waals surface area contributed by atoms with Crippen molar-refractivity contribution in [1.82, 2.24) is 9.97 Å². The first-order valence-electron chi connectivity index (χ1n) is 6.48. The Morgan fingerprint density at radius 3 is 2.79 bits per heavy atom. The van der Waals surface area contributed by atoms with Crippen molar-refractivity contribution in [2.75, 3.05) is 11.9 Å². The fourth-order valence-corrected chi connectivity index (χ4v) is 1.39. The highest BCUT2D eigenvalue weighted by atomic mass is 16.6. The molecule has 0 aliphatic heterocycles. The molecule has 19 heavy (non-hydrogen) atoms. The molecule has 1 aromatic rings. The molecule has 0 bridgehead atoms. The van der Waals surface area contributed by atoms with Crippen LogP contribution < -0.4 is 10.1 Å². The lowest BCUT2D eigenvalue weighted by Gasteiger charge is -2.13. The average Bonchev–Trinajstić information content (AvgIpc) is 2.38. The van der Waals surface area contributed by atoms with Gasteiger partial charge in [-0.05, 0) is 19.8 Å². The highest BCUT2D eigenvalue weighted by Gasteiger charge is 2.25. The Morgan fingerprint density at radius 1 is 1.47 bits per heavy atom. The Labute approximate surface area is 112 Å². The molecule has 0 aromatic carbocycles. The summed E-state index contributed by atoms with van der Waals surface area (Å²) < 4.78 is 5.36. The van der Waals surface area contributed by atoms with Crippen LogP contribution in [0, 0.1) is 10.1 Å². The minimum Gasteiger partial charge on any atom is -0.473 e. The van der Waals surface area contributed by atoms with Gasteiger partial charge in [0.25, 0.3) is 5.88 Å². The van der Waals surface area contributed by atoms with Crippen LogP contribution in [0.2, 0.25) is 0 Å². The molecule has 1 atom stereocenters. The van der Waals surface area contributed by atoms with Gasteiger partial charge < -0.3 is 10.1 Å². The van der Waals surface area contributed by atoms with Gasteiger partial charge in [-0.3, -0.25) is 10.1 Å². The van der Waals surface area contributed by atoms with E-state index in [2.05, 4.69) is 15.3 Å². The molecule has 0 spiro atoms. The third kappa shape index (κ3) is 4.35. The minimum absolute atomic E-state index is 0.0271. The molecule has 0 aliphatic rings. The number of anilines is 1. The van der Waals surface area contributed by atoms with Crippen molar-refractivity contribution in [1.29, 1.82) is 0 Å². The van der Waals surface area contributed by atoms with Gasteiger partial charge in [-0.25, -0.2) is 4.98 Å². The maximum Gasteiger partial charge on any atom is 0.372 e. The number of nitro groups is 1. The maximum atomic E-state index is 11.2. The van der Waals surface area contributed by atoms with Crippen LogP contribution in [-0.2, 0) is 0 Å². The van der Waals surface area contributed by atoms with E-state index in [0.29, 0.717) is 6.61 Å². The molecule has 1 aromatic heterocycles. The van der Waals surface area contributed by atoms with Crippen molar-refractivity contribution in [2.24, 2.45) is 0 Å². The largest absolute Gasteiger partial charge is 0.473 e. The molecular formula is C12H20N4O3. The van der Waals surface area contributed by atoms with Crippen molar-refractivity contribution < 1.29 is 9.66 Å². The standard InChI is InChI=1S/C12H20N4O3/c1-4-6-7-19-12-10(16(17)18)11(13-8-14-12)15-9(3)5-2/h8-9H,4-7H2,1-3H3,(H,13,14,15). The van der Waals surface area contributed by atoms with Crippen LogP contribution in [0.15, 0.2) is 6.33 Å². The Kier molecular flexibility index (Phi) is 5.98. The van der Waals surface area contributed by atoms with Crippen LogP contribution in [0.1, 0.15) is 40.0 Å². The van der Waals surface area contributed by atoms with E-state index in [0.717, 1.165) is 19.3 Å². The lowest BCUT2D eigenvalue weighted by Crippen LogP contribution is -2.16. The number of nitrogens with zero attached hydrogens (tertiary/aromatic N) is 3. The van der Waals surface area contributed by atoms with E-state index in [1.165, 1.54) is 6.33 Å². The van der Waals surface area contributed by atoms with Gasteiger partial charge in [-0.2, -0.15) is 4.98 Å². The van der Waals surface area contributed by atoms with E-state index in [4.69, 9.17) is 4.74 Å². The molecule has 0 fully saturated rings. The average molecular weight is 268 g/mol. The number of ether oxygens (including phenoxy) is 1. The van der Waals surface area contributed by atoms with Crippen LogP contribution in [0.5, 0.6) is 5.88 Å². The molecule has 106 valence electrons. The summed E-state index contributed by atoms with van der Waals surface area (Å²) in [4.78, 5) is 18.4. The topological polar surface area (TPSA) is 90.2 Å². The zero-order chi connectivity index (χ0) is 14.3. The number of hydrogen-bond donors (Lipinski definition) is 1. The number of unbranched alkanes of at least 4 members (excludes halogenated alkanes) is 1. The first-order chi connectivity index (χ1) is 9.10. The second-order valence-corrected chi connectivity index (χ2v) is 4.29. The number of aromatic nitrogens is 2. The van der Waals surface area contributed by atoms with Crippen LogP contribution >= 0.6 is 0 Å². The zero-order valence-corrected chi connectivity index (χ0v) is 11.5. The first kappa shape index (κ1) is 15.1. The summed E-state index contributed by atoms with van der Waals surface area (Å²) in [5.74, 6) is 0.236. The molecule has 0 aliphatic carbocycles. The highest BCUT2D eigenvalue weighted by molar-refractivity contribution is 5.61. The van der Waals surface area contributed by atoms with Gasteiger partial charge in [0, 0.05) is 6.04 Å². The Morgan fingerprint density at radius 2 is 2.21 bits per heavy atom. The molecule has 7 heteroatoms. The summed E-state index contributed by atoms with van der Waals surface area (Å²) in [5, 5.41) is 14.2. The monoisotopic (exact) mass is 268 g/mol. The second-order valence-electron chi connectivity index (χ2n) is 4.29. The lowest BCUT2D eigenvalue weighted by atomic mass is 10.2. The molecule has 0 radical (unpaired) electrons. The first-order valence-corrected chi connectivity index (χ1v) is 6.48. The Bertz CT molecular complexity index is 425. The zero-order valence-electron chi connectivity index (χ0n) is 11.5. The molecule has 1 unspecified atom stereocenters. The molecule has 1 N–H and O–H groups in total. The van der Waals surface area contributed by atoms with Crippen LogP contribution in [0.4, 0.5) is 11.5 Å². The van der Waals surface area contributed by atoms with Crippen molar-refractivity contribution in [3.05, 3.63) is 16.4 Å². The maximum absolute atomic E-state index is 11.2. The number of rotatable bonds is 8. The lowest BCUT2D eigenvalue weighted by molar-refractivity contribution is -0.385. The fraction of sp³-hybridized carbons (Fsp3) is 0.667. The van der Waals surface area contributed by atoms with Gasteiger partial charge in [0.15, 0.2) is 0 Å². The van der Waals surface area contributed by atoms with E-state index < -0.39 is 4.92 Å². The van der Waals surface area contributed by atoms with Gasteiger partial charge in [-0.1, -0.05) is 20.3 Å². The summed E-state index contributed by atoms with van der Waals surface area (Å²) in [6.45, 7) is 6.36. The van der Waals surface area contributed by atoms with Crippen molar-refractivity contribution in [3.63, 3.8) is 0 Å². The van der Waals surface area contributed by atoms with Crippen LogP contribution in [-0.4, -0.2) is 27.5 Å². The molecule has 0 saturated heterocycles. The molecule has 7 nitrogen and oxygen atoms in total. The normalized spacial score (nSPS) is 11.9. The summed E-state index contributed by atoms with van der Waals surface area (Å²) in [7, 11) is 0. The predicted molar refractivity (Wildman–Crippen MR) is 72.5 cm³/mol. The number of nitrogens with one attached hydrogen (secondary N) is 1. The third-order valence-electron chi connectivity index (χ3n) is 2.70. The summed E-state index contributed by atoms with van der Waals surface area (Å²) >= 11 is 0. The van der Waals surface area contributed by atoms with Crippen LogP contribution in [0.3, 0.4) is 0 Å². The van der Waals surface area contributed by atoms with E-state index in [1.54, 1.807) is 0 Å². The molecule has 0 saturated carbocycles. The third-order valence-corrected chi connectivity index (χ3v) is 2.70. The highest BCUT2D eigenvalue weighted by Crippen LogP contribution is 2.31. The second kappa shape index (κ2) is 7.50. The summed E-state index contributed by atoms with van der Waals surface area (Å²) in [6, 6.07) is 0.0945. The van der Waals surface area contributed by atoms with E-state index >= 15 is 0 Å². The van der Waals surface area contributed by atoms with E-state index in [9.17, 15) is 10.1 Å². The smallest absolute Gasteiger partial charge is 0.372 e. The van der Waals surface area contributed by atoms with Gasteiger partial charge in [0.05, 0.1) is 11.5 Å². The fourth-order valence-electron chi connectivity index (χ4n) is 1.39.